The summed E-state index contributed by atoms with van der Waals surface area (Å²) >= 11 is 6.00. The van der Waals surface area contributed by atoms with Gasteiger partial charge in [-0.2, -0.15) is 4.98 Å². The topological polar surface area (TPSA) is 59.1 Å². The van der Waals surface area contributed by atoms with Crippen LogP contribution in [0.15, 0.2) is 24.3 Å². The van der Waals surface area contributed by atoms with E-state index in [4.69, 9.17) is 16.3 Å². The van der Waals surface area contributed by atoms with Gasteiger partial charge in [0.05, 0.1) is 6.10 Å². The van der Waals surface area contributed by atoms with Crippen molar-refractivity contribution in [3.8, 4) is 0 Å². The summed E-state index contributed by atoms with van der Waals surface area (Å²) < 4.78 is 5.61. The van der Waals surface area contributed by atoms with E-state index in [0.717, 1.165) is 53.8 Å². The standard InChI is InChI=1S/C17H21ClN4O/c1-11-8-13(18)5-6-15(11)21-16-9-12(2)20-17(22-16)19-10-14-4-3-7-23-14/h5-6,8-9,14H,3-4,7,10H2,1-2H3,(H2,19,20,21,22). The van der Waals surface area contributed by atoms with Crippen LogP contribution in [0.25, 0.3) is 0 Å². The molecule has 3 rings (SSSR count). The molecule has 2 N–H and O–H groups in total. The number of hydrogen-bond acceptors (Lipinski definition) is 5. The number of benzene rings is 1. The molecule has 0 aliphatic carbocycles. The van der Waals surface area contributed by atoms with Crippen molar-refractivity contribution in [2.75, 3.05) is 23.8 Å². The summed E-state index contributed by atoms with van der Waals surface area (Å²) in [5.74, 6) is 1.38. The van der Waals surface area contributed by atoms with Crippen LogP contribution in [-0.4, -0.2) is 29.2 Å². The molecule has 0 bridgehead atoms. The lowest BCUT2D eigenvalue weighted by Gasteiger charge is -2.13. The van der Waals surface area contributed by atoms with Crippen LogP contribution in [0.5, 0.6) is 0 Å². The van der Waals surface area contributed by atoms with Gasteiger partial charge in [0.2, 0.25) is 5.95 Å². The number of halogens is 1. The molecule has 1 atom stereocenters. The molecule has 1 unspecified atom stereocenters. The second kappa shape index (κ2) is 7.15. The van der Waals surface area contributed by atoms with E-state index >= 15 is 0 Å². The van der Waals surface area contributed by atoms with Gasteiger partial charge in [0.15, 0.2) is 0 Å². The van der Waals surface area contributed by atoms with Gasteiger partial charge in [0.1, 0.15) is 5.82 Å². The zero-order valence-corrected chi connectivity index (χ0v) is 14.2. The number of anilines is 3. The molecule has 2 heterocycles. The molecule has 0 spiro atoms. The van der Waals surface area contributed by atoms with Crippen molar-refractivity contribution in [1.29, 1.82) is 0 Å². The molecule has 1 aromatic heterocycles. The van der Waals surface area contributed by atoms with Crippen LogP contribution in [0.2, 0.25) is 5.02 Å². The number of ether oxygens (including phenoxy) is 1. The maximum Gasteiger partial charge on any atom is 0.224 e. The van der Waals surface area contributed by atoms with Crippen molar-refractivity contribution < 1.29 is 4.74 Å². The van der Waals surface area contributed by atoms with E-state index in [0.29, 0.717) is 5.95 Å². The van der Waals surface area contributed by atoms with Gasteiger partial charge in [0.25, 0.3) is 0 Å². The molecule has 1 aliphatic heterocycles. The highest BCUT2D eigenvalue weighted by Gasteiger charge is 2.15. The Morgan fingerprint density at radius 2 is 2.13 bits per heavy atom. The first-order valence-corrected chi connectivity index (χ1v) is 8.22. The highest BCUT2D eigenvalue weighted by atomic mass is 35.5. The Labute approximate surface area is 141 Å². The highest BCUT2D eigenvalue weighted by Crippen LogP contribution is 2.23. The molecule has 23 heavy (non-hydrogen) atoms. The Morgan fingerprint density at radius 3 is 2.87 bits per heavy atom. The van der Waals surface area contributed by atoms with E-state index in [1.165, 1.54) is 0 Å². The number of nitrogens with zero attached hydrogens (tertiary/aromatic N) is 2. The zero-order valence-electron chi connectivity index (χ0n) is 13.4. The Bertz CT molecular complexity index is 686. The van der Waals surface area contributed by atoms with Gasteiger partial charge in [-0.25, -0.2) is 4.98 Å². The van der Waals surface area contributed by atoms with E-state index in [1.807, 2.05) is 38.1 Å². The minimum Gasteiger partial charge on any atom is -0.376 e. The number of nitrogens with one attached hydrogen (secondary N) is 2. The first-order valence-electron chi connectivity index (χ1n) is 7.84. The van der Waals surface area contributed by atoms with Crippen molar-refractivity contribution in [2.24, 2.45) is 0 Å². The molecule has 6 heteroatoms. The van der Waals surface area contributed by atoms with Gasteiger partial charge in [-0.3, -0.25) is 0 Å². The zero-order chi connectivity index (χ0) is 16.2. The molecule has 5 nitrogen and oxygen atoms in total. The summed E-state index contributed by atoms with van der Waals surface area (Å²) in [5, 5.41) is 7.32. The number of aryl methyl sites for hydroxylation is 2. The van der Waals surface area contributed by atoms with Gasteiger partial charge < -0.3 is 15.4 Å². The van der Waals surface area contributed by atoms with Gasteiger partial charge in [-0.1, -0.05) is 11.6 Å². The molecule has 1 aromatic carbocycles. The maximum absolute atomic E-state index is 6.00. The molecule has 1 saturated heterocycles. The molecule has 0 radical (unpaired) electrons. The minimum absolute atomic E-state index is 0.258. The van der Waals surface area contributed by atoms with E-state index < -0.39 is 0 Å². The van der Waals surface area contributed by atoms with Gasteiger partial charge in [0, 0.05) is 35.6 Å². The van der Waals surface area contributed by atoms with Crippen molar-refractivity contribution in [3.05, 3.63) is 40.5 Å². The van der Waals surface area contributed by atoms with Crippen LogP contribution < -0.4 is 10.6 Å². The number of rotatable bonds is 5. The smallest absolute Gasteiger partial charge is 0.224 e. The lowest BCUT2D eigenvalue weighted by Crippen LogP contribution is -2.20. The molecular weight excluding hydrogens is 312 g/mol. The second-order valence-corrected chi connectivity index (χ2v) is 6.25. The summed E-state index contributed by atoms with van der Waals surface area (Å²) in [4.78, 5) is 8.97. The molecule has 0 saturated carbocycles. The van der Waals surface area contributed by atoms with Crippen molar-refractivity contribution in [2.45, 2.75) is 32.8 Å². The highest BCUT2D eigenvalue weighted by molar-refractivity contribution is 6.30. The van der Waals surface area contributed by atoms with Crippen LogP contribution in [0.1, 0.15) is 24.1 Å². The van der Waals surface area contributed by atoms with Gasteiger partial charge in [-0.15, -0.1) is 0 Å². The summed E-state index contributed by atoms with van der Waals surface area (Å²) in [5.41, 5.74) is 2.96. The molecule has 1 fully saturated rings. The summed E-state index contributed by atoms with van der Waals surface area (Å²) in [7, 11) is 0. The van der Waals surface area contributed by atoms with E-state index in [-0.39, 0.29) is 6.10 Å². The second-order valence-electron chi connectivity index (χ2n) is 5.82. The van der Waals surface area contributed by atoms with Crippen LogP contribution in [0, 0.1) is 13.8 Å². The normalized spacial score (nSPS) is 17.3. The van der Waals surface area contributed by atoms with Gasteiger partial charge in [-0.05, 0) is 50.5 Å². The van der Waals surface area contributed by atoms with Gasteiger partial charge >= 0.3 is 0 Å². The molecule has 122 valence electrons. The lowest BCUT2D eigenvalue weighted by molar-refractivity contribution is 0.120. The monoisotopic (exact) mass is 332 g/mol. The van der Waals surface area contributed by atoms with E-state index in [2.05, 4.69) is 20.6 Å². The predicted octanol–water partition coefficient (Wildman–Crippen LogP) is 4.08. The lowest BCUT2D eigenvalue weighted by atomic mass is 10.2. The van der Waals surface area contributed by atoms with Crippen molar-refractivity contribution in [1.82, 2.24) is 9.97 Å². The quantitative estimate of drug-likeness (QED) is 0.864. The average molecular weight is 333 g/mol. The van der Waals surface area contributed by atoms with Crippen LogP contribution in [-0.2, 0) is 4.74 Å². The minimum atomic E-state index is 0.258. The Balaban J connectivity index is 1.71. The number of hydrogen-bond donors (Lipinski definition) is 2. The summed E-state index contributed by atoms with van der Waals surface area (Å²) in [6.07, 6.45) is 2.48. The molecular formula is C17H21ClN4O. The third kappa shape index (κ3) is 4.33. The fourth-order valence-corrected chi connectivity index (χ4v) is 2.85. The SMILES string of the molecule is Cc1cc(Nc2ccc(Cl)cc2C)nc(NCC2CCCO2)n1. The van der Waals surface area contributed by atoms with Crippen LogP contribution >= 0.6 is 11.6 Å². The summed E-state index contributed by atoms with van der Waals surface area (Å²) in [6, 6.07) is 7.66. The summed E-state index contributed by atoms with van der Waals surface area (Å²) in [6.45, 7) is 5.56. The van der Waals surface area contributed by atoms with E-state index in [9.17, 15) is 0 Å². The Morgan fingerprint density at radius 1 is 1.26 bits per heavy atom. The molecule has 1 aliphatic rings. The number of aromatic nitrogens is 2. The van der Waals surface area contributed by atoms with Crippen LogP contribution in [0.3, 0.4) is 0 Å². The predicted molar refractivity (Wildman–Crippen MR) is 93.7 cm³/mol. The third-order valence-corrected chi connectivity index (χ3v) is 4.05. The van der Waals surface area contributed by atoms with Crippen molar-refractivity contribution >= 4 is 29.1 Å². The van der Waals surface area contributed by atoms with Crippen LogP contribution in [0.4, 0.5) is 17.5 Å². The third-order valence-electron chi connectivity index (χ3n) is 3.82. The van der Waals surface area contributed by atoms with Crippen molar-refractivity contribution in [3.63, 3.8) is 0 Å². The first-order chi connectivity index (χ1) is 11.1. The molecule has 0 amide bonds. The fraction of sp³-hybridized carbons (Fsp3) is 0.412. The Kier molecular flexibility index (Phi) is 4.98. The largest absolute Gasteiger partial charge is 0.376 e. The average Bonchev–Trinajstić information content (AvgIpc) is 3.01. The first kappa shape index (κ1) is 16.0. The maximum atomic E-state index is 6.00. The molecule has 2 aromatic rings. The fourth-order valence-electron chi connectivity index (χ4n) is 2.63. The van der Waals surface area contributed by atoms with E-state index in [1.54, 1.807) is 0 Å². The Hall–Kier alpha value is -1.85.